The van der Waals surface area contributed by atoms with E-state index in [-0.39, 0.29) is 5.91 Å². The van der Waals surface area contributed by atoms with Crippen molar-refractivity contribution < 1.29 is 4.79 Å². The number of benzene rings is 1. The highest BCUT2D eigenvalue weighted by molar-refractivity contribution is 7.80. The van der Waals surface area contributed by atoms with Gasteiger partial charge >= 0.3 is 0 Å². The van der Waals surface area contributed by atoms with Crippen LogP contribution in [0.15, 0.2) is 24.3 Å². The lowest BCUT2D eigenvalue weighted by Gasteiger charge is -2.04. The highest BCUT2D eigenvalue weighted by Crippen LogP contribution is 2.18. The SMILES string of the molecule is NC(=S)c1ccc(CC(=O)NC2CC2)cc1. The van der Waals surface area contributed by atoms with E-state index >= 15 is 0 Å². The van der Waals surface area contributed by atoms with Gasteiger partial charge < -0.3 is 11.1 Å². The van der Waals surface area contributed by atoms with Crippen LogP contribution in [-0.2, 0) is 11.2 Å². The van der Waals surface area contributed by atoms with Gasteiger partial charge in [-0.25, -0.2) is 0 Å². The molecule has 1 fully saturated rings. The van der Waals surface area contributed by atoms with Gasteiger partial charge in [0.25, 0.3) is 0 Å². The first-order valence-corrected chi connectivity index (χ1v) is 5.74. The molecule has 0 bridgehead atoms. The summed E-state index contributed by atoms with van der Waals surface area (Å²) in [6.07, 6.45) is 2.66. The molecule has 4 heteroatoms. The van der Waals surface area contributed by atoms with Crippen molar-refractivity contribution in [1.29, 1.82) is 0 Å². The van der Waals surface area contributed by atoms with Crippen molar-refractivity contribution in [3.8, 4) is 0 Å². The summed E-state index contributed by atoms with van der Waals surface area (Å²) in [4.78, 5) is 11.9. The standard InChI is InChI=1S/C12H14N2OS/c13-12(16)9-3-1-8(2-4-9)7-11(15)14-10-5-6-10/h1-4,10H,5-7H2,(H2,13,16)(H,14,15). The lowest BCUT2D eigenvalue weighted by atomic mass is 10.1. The van der Waals surface area contributed by atoms with Crippen molar-refractivity contribution in [2.75, 3.05) is 0 Å². The van der Waals surface area contributed by atoms with Crippen LogP contribution < -0.4 is 11.1 Å². The van der Waals surface area contributed by atoms with Gasteiger partial charge in [0.05, 0.1) is 6.42 Å². The first-order chi connectivity index (χ1) is 7.65. The normalized spacial score (nSPS) is 14.5. The van der Waals surface area contributed by atoms with Crippen molar-refractivity contribution in [3.05, 3.63) is 35.4 Å². The van der Waals surface area contributed by atoms with Crippen LogP contribution in [0.3, 0.4) is 0 Å². The Morgan fingerprint density at radius 3 is 2.50 bits per heavy atom. The zero-order chi connectivity index (χ0) is 11.5. The van der Waals surface area contributed by atoms with Gasteiger partial charge in [-0.2, -0.15) is 0 Å². The van der Waals surface area contributed by atoms with E-state index in [4.69, 9.17) is 18.0 Å². The van der Waals surface area contributed by atoms with E-state index in [0.29, 0.717) is 17.5 Å². The van der Waals surface area contributed by atoms with Gasteiger partial charge in [-0.15, -0.1) is 0 Å². The Hall–Kier alpha value is -1.42. The van der Waals surface area contributed by atoms with E-state index in [1.54, 1.807) is 0 Å². The van der Waals surface area contributed by atoms with Crippen LogP contribution in [0, 0.1) is 0 Å². The summed E-state index contributed by atoms with van der Waals surface area (Å²) >= 11 is 4.86. The topological polar surface area (TPSA) is 55.1 Å². The fourth-order valence-corrected chi connectivity index (χ4v) is 1.61. The summed E-state index contributed by atoms with van der Waals surface area (Å²) in [5, 5.41) is 2.95. The molecule has 0 radical (unpaired) electrons. The maximum absolute atomic E-state index is 11.5. The van der Waals surface area contributed by atoms with Crippen LogP contribution in [0.5, 0.6) is 0 Å². The molecule has 0 saturated heterocycles. The van der Waals surface area contributed by atoms with Gasteiger partial charge in [-0.3, -0.25) is 4.79 Å². The number of carbonyl (C=O) groups excluding carboxylic acids is 1. The molecule has 1 saturated carbocycles. The predicted octanol–water partition coefficient (Wildman–Crippen LogP) is 1.14. The quantitative estimate of drug-likeness (QED) is 0.768. The van der Waals surface area contributed by atoms with E-state index in [2.05, 4.69) is 5.32 Å². The smallest absolute Gasteiger partial charge is 0.224 e. The number of hydrogen-bond donors (Lipinski definition) is 2. The van der Waals surface area contributed by atoms with E-state index in [0.717, 1.165) is 24.0 Å². The van der Waals surface area contributed by atoms with E-state index in [1.165, 1.54) is 0 Å². The molecule has 1 aliphatic rings. The molecule has 0 aliphatic heterocycles. The fraction of sp³-hybridized carbons (Fsp3) is 0.333. The summed E-state index contributed by atoms with van der Waals surface area (Å²) in [5.41, 5.74) is 7.31. The number of rotatable bonds is 4. The molecule has 0 aromatic heterocycles. The molecule has 2 rings (SSSR count). The Kier molecular flexibility index (Phi) is 3.19. The Morgan fingerprint density at radius 2 is 2.00 bits per heavy atom. The number of amides is 1. The second-order valence-corrected chi connectivity index (χ2v) is 4.52. The summed E-state index contributed by atoms with van der Waals surface area (Å²) < 4.78 is 0. The molecule has 0 unspecified atom stereocenters. The highest BCUT2D eigenvalue weighted by atomic mass is 32.1. The van der Waals surface area contributed by atoms with Crippen molar-refractivity contribution in [3.63, 3.8) is 0 Å². The molecule has 1 aromatic rings. The van der Waals surface area contributed by atoms with Gasteiger partial charge in [-0.1, -0.05) is 36.5 Å². The second-order valence-electron chi connectivity index (χ2n) is 4.08. The summed E-state index contributed by atoms with van der Waals surface area (Å²) in [7, 11) is 0. The molecule has 84 valence electrons. The lowest BCUT2D eigenvalue weighted by Crippen LogP contribution is -2.26. The van der Waals surface area contributed by atoms with Crippen LogP contribution in [0.2, 0.25) is 0 Å². The van der Waals surface area contributed by atoms with Crippen molar-refractivity contribution >= 4 is 23.1 Å². The third kappa shape index (κ3) is 3.03. The Balaban J connectivity index is 1.93. The minimum Gasteiger partial charge on any atom is -0.389 e. The molecule has 0 heterocycles. The third-order valence-electron chi connectivity index (χ3n) is 2.55. The van der Waals surface area contributed by atoms with Crippen molar-refractivity contribution in [2.24, 2.45) is 5.73 Å². The van der Waals surface area contributed by atoms with Crippen LogP contribution in [-0.4, -0.2) is 16.9 Å². The molecule has 16 heavy (non-hydrogen) atoms. The molecule has 1 aliphatic carbocycles. The van der Waals surface area contributed by atoms with Crippen LogP contribution >= 0.6 is 12.2 Å². The second kappa shape index (κ2) is 4.61. The van der Waals surface area contributed by atoms with Gasteiger partial charge in [0.15, 0.2) is 0 Å². The number of thiocarbonyl (C=S) groups is 1. The predicted molar refractivity (Wildman–Crippen MR) is 67.2 cm³/mol. The fourth-order valence-electron chi connectivity index (χ4n) is 1.48. The number of nitrogens with two attached hydrogens (primary N) is 1. The number of hydrogen-bond acceptors (Lipinski definition) is 2. The third-order valence-corrected chi connectivity index (χ3v) is 2.78. The summed E-state index contributed by atoms with van der Waals surface area (Å²) in [6, 6.07) is 7.90. The molecule has 1 amide bonds. The zero-order valence-corrected chi connectivity index (χ0v) is 9.72. The molecule has 1 aromatic carbocycles. The zero-order valence-electron chi connectivity index (χ0n) is 8.90. The van der Waals surface area contributed by atoms with Crippen LogP contribution in [0.25, 0.3) is 0 Å². The van der Waals surface area contributed by atoms with Gasteiger partial charge in [0.1, 0.15) is 4.99 Å². The summed E-state index contributed by atoms with van der Waals surface area (Å²) in [5.74, 6) is 0.0885. The largest absolute Gasteiger partial charge is 0.389 e. The van der Waals surface area contributed by atoms with Crippen LogP contribution in [0.1, 0.15) is 24.0 Å². The first-order valence-electron chi connectivity index (χ1n) is 5.33. The van der Waals surface area contributed by atoms with Gasteiger partial charge in [-0.05, 0) is 18.4 Å². The summed E-state index contributed by atoms with van der Waals surface area (Å²) in [6.45, 7) is 0. The molecule has 3 N–H and O–H groups in total. The number of nitrogens with one attached hydrogen (secondary N) is 1. The molecular formula is C12H14N2OS. The van der Waals surface area contributed by atoms with Crippen molar-refractivity contribution in [1.82, 2.24) is 5.32 Å². The molecular weight excluding hydrogens is 220 g/mol. The minimum absolute atomic E-state index is 0.0885. The van der Waals surface area contributed by atoms with E-state index in [1.807, 2.05) is 24.3 Å². The maximum atomic E-state index is 11.5. The average molecular weight is 234 g/mol. The molecule has 0 spiro atoms. The highest BCUT2D eigenvalue weighted by Gasteiger charge is 2.22. The van der Waals surface area contributed by atoms with Crippen molar-refractivity contribution in [2.45, 2.75) is 25.3 Å². The first kappa shape index (κ1) is 11.1. The van der Waals surface area contributed by atoms with E-state index in [9.17, 15) is 4.79 Å². The Labute approximate surface area is 100 Å². The van der Waals surface area contributed by atoms with Gasteiger partial charge in [0, 0.05) is 11.6 Å². The van der Waals surface area contributed by atoms with E-state index < -0.39 is 0 Å². The Bertz CT molecular complexity index is 410. The lowest BCUT2D eigenvalue weighted by molar-refractivity contribution is -0.120. The average Bonchev–Trinajstić information content (AvgIpc) is 3.02. The number of carbonyl (C=O) groups is 1. The minimum atomic E-state index is 0.0885. The monoisotopic (exact) mass is 234 g/mol. The Morgan fingerprint density at radius 1 is 1.38 bits per heavy atom. The maximum Gasteiger partial charge on any atom is 0.224 e. The molecule has 3 nitrogen and oxygen atoms in total. The van der Waals surface area contributed by atoms with Crippen LogP contribution in [0.4, 0.5) is 0 Å². The van der Waals surface area contributed by atoms with Gasteiger partial charge in [0.2, 0.25) is 5.91 Å². The molecule has 0 atom stereocenters.